The van der Waals surface area contributed by atoms with Gasteiger partial charge in [0.2, 0.25) is 45.9 Å². The Morgan fingerprint density at radius 3 is 0.972 bits per heavy atom. The summed E-state index contributed by atoms with van der Waals surface area (Å²) in [7, 11) is 8.30. The normalized spacial score (nSPS) is 15.6. The molecule has 0 aliphatic carbocycles. The molecular formula is C126H120N16+4. The van der Waals surface area contributed by atoms with Gasteiger partial charge in [0.25, 0.3) is 0 Å². The minimum absolute atomic E-state index is 0.119. The van der Waals surface area contributed by atoms with Crippen molar-refractivity contribution in [1.82, 2.24) is 55.8 Å². The first-order valence-electron chi connectivity index (χ1n) is 54.3. The van der Waals surface area contributed by atoms with Crippen molar-refractivity contribution >= 4 is 111 Å². The number of imidazole rings is 8. The Bertz CT molecular complexity index is 10200. The molecule has 0 atom stereocenters. The number of fused-ring (bicyclic) bond motifs is 28. The predicted molar refractivity (Wildman–Crippen MR) is 581 cm³/mol. The molecule has 12 aromatic heterocycles. The SMILES string of the molecule is Cc1ccccc1-c1c[n+](C)c2c(c1C)C(C)(C)n1c3c-2c(C)ccc3n2c3ccccc3nc12.[2H]C(C)(C)c1c[n+](C)c2c(c1-c1ccccc1)C(C)(C)n1c3c-2c(C)ccc3n2c3ccccc3nc12.[2H]C([2H])([2H])c1cccc(C)c1-c1c[n+](C)c2c(c1C)C(C)(C)n1c3c-2c(C)ccc3n2c3ccccc3nc12.[2H]C([2H])([2H])c1ccccc1-c1c(C([2H])([2H])[2H])c[n+](C)c2c1C(C)(C)n1c3c-2c(C)ccc3n2c3ccccc3nc12. The number of benzene rings is 12. The third-order valence-electron chi connectivity index (χ3n) is 31.9. The highest BCUT2D eigenvalue weighted by atomic mass is 15.3. The lowest BCUT2D eigenvalue weighted by atomic mass is 9.77. The average Bonchev–Trinajstić information content (AvgIpc) is 1.50. The first kappa shape index (κ1) is 77.2. The standard InChI is InChI=1S/2C32H31N4.2C31H29N4/c1-18-11-10-12-19(2)26(18)22-17-34(7)30-27-20(3)15-16-25-29(27)36(32(5,6)28(30)21(22)4)31-33-23-13-8-9-14-24(23)35(25)31;1-19(2)22-18-34(6)30-26-20(3)16-17-25-29(26)36(31-33-23-14-10-11-15-24(23)35(25)31)32(4,5)28(30)27(22)21-12-8-7-9-13-21;1-18-11-7-8-12-21(18)22-17-33(6)29-26-19(2)15-16-25-28(26)35(31(4,5)27(29)20(22)3)30-32-23-13-9-10-14-24(23)34(25)30;1-18-11-7-8-12-21(18)25-20(3)17-33(6)29-26-19(2)15-16-24-28(26)35(31(4,5)27(25)29)30-32-22-13-9-10-14-23(22)34(24)30/h8-17H,1-7H3;7-19H,1-6H3;2*7-17H,1-6H3/q4*+1/i1D3;19D;;1D3,3D3. The molecule has 0 fully saturated rings. The van der Waals surface area contributed by atoms with Crippen molar-refractivity contribution in [3.8, 4) is 89.5 Å². The summed E-state index contributed by atoms with van der Waals surface area (Å²) in [5, 5.41) is 0. The molecule has 4 aliphatic rings. The second-order valence-electron chi connectivity index (χ2n) is 42.3. The molecule has 28 rings (SSSR count). The Hall–Kier alpha value is -15.7. The van der Waals surface area contributed by atoms with Gasteiger partial charge in [-0.25, -0.2) is 38.2 Å². The van der Waals surface area contributed by atoms with Gasteiger partial charge in [0.1, 0.15) is 28.2 Å². The number of rotatable bonds is 5. The second kappa shape index (κ2) is 30.7. The summed E-state index contributed by atoms with van der Waals surface area (Å²) in [6, 6.07) is 82.5. The molecule has 0 radical (unpaired) electrons. The molecule has 0 saturated heterocycles. The molecule has 0 unspecified atom stereocenters. The van der Waals surface area contributed by atoms with E-state index in [1.807, 2.05) is 68.8 Å². The topological polar surface area (TPSA) is 104 Å². The van der Waals surface area contributed by atoms with E-state index in [-0.39, 0.29) is 16.7 Å². The zero-order chi connectivity index (χ0) is 107. The van der Waals surface area contributed by atoms with Crippen LogP contribution >= 0.6 is 0 Å². The number of aromatic nitrogens is 16. The van der Waals surface area contributed by atoms with Crippen molar-refractivity contribution in [3.05, 3.63) is 356 Å². The van der Waals surface area contributed by atoms with Crippen LogP contribution in [0, 0.1) is 75.9 Å². The number of para-hydroxylation sites is 8. The van der Waals surface area contributed by atoms with E-state index in [1.165, 1.54) is 117 Å². The van der Waals surface area contributed by atoms with Crippen molar-refractivity contribution in [2.24, 2.45) is 28.2 Å². The number of hydrogen-bond donors (Lipinski definition) is 0. The van der Waals surface area contributed by atoms with Gasteiger partial charge in [-0.1, -0.05) is 184 Å². The van der Waals surface area contributed by atoms with Crippen LogP contribution in [0.15, 0.2) is 267 Å². The highest BCUT2D eigenvalue weighted by Gasteiger charge is 2.50. The fraction of sp³-hybridized carbons (Fsp3) is 0.238. The summed E-state index contributed by atoms with van der Waals surface area (Å²) in [6.45, 7) is 32.1. The lowest BCUT2D eigenvalue weighted by Gasteiger charge is -2.36. The molecule has 12 aromatic carbocycles. The number of pyridine rings is 4. The van der Waals surface area contributed by atoms with Gasteiger partial charge in [-0.15, -0.1) is 0 Å². The lowest BCUT2D eigenvalue weighted by Crippen LogP contribution is -2.42. The van der Waals surface area contributed by atoms with Gasteiger partial charge >= 0.3 is 0 Å². The summed E-state index contributed by atoms with van der Waals surface area (Å²) in [6.07, 6.45) is 8.29. The Morgan fingerprint density at radius 1 is 0.261 bits per heavy atom. The zero-order valence-electron chi connectivity index (χ0n) is 94.6. The smallest absolute Gasteiger partial charge is 0.220 e. The van der Waals surface area contributed by atoms with Crippen molar-refractivity contribution in [1.29, 1.82) is 0 Å². The van der Waals surface area contributed by atoms with Gasteiger partial charge in [0.15, 0.2) is 24.8 Å². The van der Waals surface area contributed by atoms with Crippen molar-refractivity contribution in [3.63, 3.8) is 0 Å². The van der Waals surface area contributed by atoms with Gasteiger partial charge in [0, 0.05) is 47.1 Å². The van der Waals surface area contributed by atoms with E-state index in [0.29, 0.717) is 16.7 Å². The Balaban J connectivity index is 0.000000105. The van der Waals surface area contributed by atoms with Crippen molar-refractivity contribution in [2.45, 2.75) is 173 Å². The van der Waals surface area contributed by atoms with Gasteiger partial charge in [-0.2, -0.15) is 0 Å². The molecule has 4 aliphatic heterocycles. The zero-order valence-corrected chi connectivity index (χ0v) is 84.6. The summed E-state index contributed by atoms with van der Waals surface area (Å²) in [5.41, 5.74) is 48.0. The van der Waals surface area contributed by atoms with E-state index in [4.69, 9.17) is 33.6 Å². The van der Waals surface area contributed by atoms with Crippen LogP contribution < -0.4 is 18.3 Å². The fourth-order valence-electron chi connectivity index (χ4n) is 25.9. The number of aryl methyl sites for hydroxylation is 13. The van der Waals surface area contributed by atoms with Crippen LogP contribution in [0.3, 0.4) is 0 Å². The van der Waals surface area contributed by atoms with Crippen LogP contribution in [-0.2, 0) is 50.3 Å². The highest BCUT2D eigenvalue weighted by Crippen LogP contribution is 2.57. The number of hydrogen-bond acceptors (Lipinski definition) is 4. The minimum atomic E-state index is -2.49. The van der Waals surface area contributed by atoms with Gasteiger partial charge in [0.05, 0.1) is 155 Å². The molecule has 16 heteroatoms. The molecular weight excluding hydrogens is 1740 g/mol. The minimum Gasteiger partial charge on any atom is -0.299 e. The highest BCUT2D eigenvalue weighted by molar-refractivity contribution is 6.08. The Morgan fingerprint density at radius 2 is 0.570 bits per heavy atom. The van der Waals surface area contributed by atoms with Crippen LogP contribution in [0.5, 0.6) is 0 Å². The molecule has 0 bridgehead atoms. The lowest BCUT2D eigenvalue weighted by molar-refractivity contribution is -0.661. The maximum Gasteiger partial charge on any atom is 0.220 e. The van der Waals surface area contributed by atoms with Crippen LogP contribution in [0.25, 0.3) is 201 Å². The van der Waals surface area contributed by atoms with Crippen LogP contribution in [0.1, 0.15) is 178 Å². The third-order valence-corrected chi connectivity index (χ3v) is 31.9. The first-order chi connectivity index (χ1) is 72.1. The predicted octanol–water partition coefficient (Wildman–Crippen LogP) is 27.3. The van der Waals surface area contributed by atoms with Gasteiger partial charge in [-0.05, 0) is 288 Å². The van der Waals surface area contributed by atoms with Gasteiger partial charge < -0.3 is 0 Å². The maximum atomic E-state index is 9.15. The van der Waals surface area contributed by atoms with E-state index in [9.17, 15) is 0 Å². The number of nitrogens with zero attached hydrogens (tertiary/aromatic N) is 16. The van der Waals surface area contributed by atoms with Crippen LogP contribution in [0.4, 0.5) is 0 Å². The monoisotopic (exact) mass is 1870 g/mol. The Labute approximate surface area is 841 Å². The molecule has 0 spiro atoms. The molecule has 0 saturated carbocycles. The third kappa shape index (κ3) is 11.8. The van der Waals surface area contributed by atoms with Crippen molar-refractivity contribution in [2.75, 3.05) is 0 Å². The van der Waals surface area contributed by atoms with E-state index in [0.717, 1.165) is 145 Å². The van der Waals surface area contributed by atoms with Crippen molar-refractivity contribution < 1.29 is 32.0 Å². The summed E-state index contributed by atoms with van der Waals surface area (Å²) < 4.78 is 112. The largest absolute Gasteiger partial charge is 0.299 e. The quantitative estimate of drug-likeness (QED) is 0.160. The maximum absolute atomic E-state index is 9.15. The van der Waals surface area contributed by atoms with E-state index >= 15 is 0 Å². The molecule has 0 N–H and O–H groups in total. The fourth-order valence-corrected chi connectivity index (χ4v) is 25.9. The molecule has 16 heterocycles. The molecule has 700 valence electrons. The summed E-state index contributed by atoms with van der Waals surface area (Å²) >= 11 is 0. The summed E-state index contributed by atoms with van der Waals surface area (Å²) in [4.78, 5) is 20.5. The molecule has 24 aromatic rings. The molecule has 16 nitrogen and oxygen atoms in total. The van der Waals surface area contributed by atoms with Crippen LogP contribution in [-0.4, -0.2) is 55.8 Å². The van der Waals surface area contributed by atoms with Crippen LogP contribution in [0.2, 0.25) is 0 Å². The second-order valence-corrected chi connectivity index (χ2v) is 42.3. The van der Waals surface area contributed by atoms with E-state index < -0.39 is 43.1 Å². The van der Waals surface area contributed by atoms with E-state index in [2.05, 4.69) is 369 Å². The van der Waals surface area contributed by atoms with E-state index in [1.54, 1.807) is 36.5 Å². The Kier molecular flexibility index (Phi) is 16.7. The average molecular weight is 1870 g/mol. The summed E-state index contributed by atoms with van der Waals surface area (Å²) in [5.74, 6) is 2.85. The first-order valence-corrected chi connectivity index (χ1v) is 49.3. The van der Waals surface area contributed by atoms with Gasteiger partial charge in [-0.3, -0.25) is 35.9 Å². The molecule has 0 amide bonds. The molecule has 142 heavy (non-hydrogen) atoms.